The fraction of sp³-hybridized carbons (Fsp3) is 0.667. The molecular weight excluding hydrogens is 565 g/mol. The Morgan fingerprint density at radius 2 is 1.69 bits per heavy atom. The van der Waals surface area contributed by atoms with E-state index >= 15 is 0 Å². The van der Waals surface area contributed by atoms with Crippen molar-refractivity contribution in [3.8, 4) is 5.75 Å². The molecule has 9 heteroatoms. The lowest BCUT2D eigenvalue weighted by Crippen LogP contribution is -2.56. The summed E-state index contributed by atoms with van der Waals surface area (Å²) >= 11 is 0. The van der Waals surface area contributed by atoms with E-state index < -0.39 is 34.4 Å². The number of benzene rings is 1. The Hall–Kier alpha value is -1.76. The Morgan fingerprint density at radius 3 is 2.17 bits per heavy atom. The predicted octanol–water partition coefficient (Wildman–Crippen LogP) is 7.54. The molecule has 0 aliphatic carbocycles. The van der Waals surface area contributed by atoms with Crippen LogP contribution >= 0.6 is 0 Å². The lowest BCUT2D eigenvalue weighted by molar-refractivity contribution is -0.145. The minimum atomic E-state index is -2.31. The maximum atomic E-state index is 12.1. The van der Waals surface area contributed by atoms with Gasteiger partial charge in [-0.1, -0.05) is 59.1 Å². The third kappa shape index (κ3) is 9.89. The molecule has 1 aromatic rings. The molecule has 1 fully saturated rings. The molecule has 42 heavy (non-hydrogen) atoms. The average molecular weight is 621 g/mol. The molecule has 0 aromatic heterocycles. The Balaban J connectivity index is 2.40. The van der Waals surface area contributed by atoms with Crippen molar-refractivity contribution in [1.82, 2.24) is 0 Å². The minimum Gasteiger partial charge on any atom is -0.497 e. The first kappa shape index (κ1) is 36.4. The molecule has 1 saturated heterocycles. The highest BCUT2D eigenvalue weighted by atomic mass is 28.4. The maximum absolute atomic E-state index is 12.1. The zero-order valence-corrected chi connectivity index (χ0v) is 30.2. The summed E-state index contributed by atoms with van der Waals surface area (Å²) in [7, 11) is -2.71. The van der Waals surface area contributed by atoms with Crippen LogP contribution in [-0.2, 0) is 34.5 Å². The van der Waals surface area contributed by atoms with E-state index in [2.05, 4.69) is 80.5 Å². The third-order valence-corrected chi connectivity index (χ3v) is 13.8. The number of epoxide rings is 1. The van der Waals surface area contributed by atoms with Crippen LogP contribution in [0.15, 0.2) is 49.1 Å². The van der Waals surface area contributed by atoms with Gasteiger partial charge in [-0.2, -0.15) is 0 Å². The molecule has 1 aliphatic heterocycles. The van der Waals surface area contributed by atoms with Crippen LogP contribution in [-0.4, -0.2) is 66.8 Å². The summed E-state index contributed by atoms with van der Waals surface area (Å²) in [5.41, 5.74) is 1.19. The minimum absolute atomic E-state index is 0.0460. The number of esters is 1. The lowest BCUT2D eigenvalue weighted by atomic mass is 9.82. The van der Waals surface area contributed by atoms with Gasteiger partial charge in [-0.25, -0.2) is 0 Å². The highest BCUT2D eigenvalue weighted by molar-refractivity contribution is 6.74. The fourth-order valence-electron chi connectivity index (χ4n) is 4.93. The van der Waals surface area contributed by atoms with Crippen LogP contribution in [0.25, 0.3) is 0 Å². The number of carbonyl (C=O) groups is 1. The first-order chi connectivity index (χ1) is 19.3. The van der Waals surface area contributed by atoms with Gasteiger partial charge in [0.05, 0.1) is 51.2 Å². The van der Waals surface area contributed by atoms with Crippen LogP contribution in [0.4, 0.5) is 0 Å². The Labute approximate surface area is 257 Å². The highest BCUT2D eigenvalue weighted by Crippen LogP contribution is 2.51. The Kier molecular flexibility index (Phi) is 12.4. The number of methoxy groups -OCH3 is 1. The highest BCUT2D eigenvalue weighted by Gasteiger charge is 2.64. The quantitative estimate of drug-likeness (QED) is 0.0771. The van der Waals surface area contributed by atoms with E-state index in [1.54, 1.807) is 13.2 Å². The molecule has 0 amide bonds. The van der Waals surface area contributed by atoms with Gasteiger partial charge >= 0.3 is 5.97 Å². The van der Waals surface area contributed by atoms with Crippen molar-refractivity contribution >= 4 is 22.6 Å². The van der Waals surface area contributed by atoms with Gasteiger partial charge in [0.25, 0.3) is 0 Å². The van der Waals surface area contributed by atoms with Gasteiger partial charge in [0.1, 0.15) is 11.4 Å². The topological polar surface area (TPSA) is 75.8 Å². The van der Waals surface area contributed by atoms with Crippen molar-refractivity contribution in [2.24, 2.45) is 11.8 Å². The summed E-state index contributed by atoms with van der Waals surface area (Å²) in [5, 5.41) is -0.0460. The van der Waals surface area contributed by atoms with Crippen LogP contribution in [0.2, 0.25) is 37.8 Å². The maximum Gasteiger partial charge on any atom is 0.302 e. The number of carbonyl (C=O) groups excluding carboxylic acids is 1. The molecule has 1 aliphatic rings. The summed E-state index contributed by atoms with van der Waals surface area (Å²) < 4.78 is 37.6. The first-order valence-electron chi connectivity index (χ1n) is 14.9. The van der Waals surface area contributed by atoms with Crippen molar-refractivity contribution in [2.45, 2.75) is 110 Å². The summed E-state index contributed by atoms with van der Waals surface area (Å²) in [4.78, 5) is 12.1. The van der Waals surface area contributed by atoms with Gasteiger partial charge in [0.15, 0.2) is 16.6 Å². The molecule has 7 nitrogen and oxygen atoms in total. The molecule has 238 valence electrons. The van der Waals surface area contributed by atoms with Crippen LogP contribution in [0.1, 0.15) is 47.1 Å². The van der Waals surface area contributed by atoms with Crippen LogP contribution in [0.5, 0.6) is 5.75 Å². The smallest absolute Gasteiger partial charge is 0.302 e. The van der Waals surface area contributed by atoms with Gasteiger partial charge in [-0.15, -0.1) is 0 Å². The normalized spacial score (nSPS) is 22.0. The summed E-state index contributed by atoms with van der Waals surface area (Å²) in [5.74, 6) is 0.233. The van der Waals surface area contributed by atoms with Crippen molar-refractivity contribution in [3.05, 3.63) is 54.6 Å². The van der Waals surface area contributed by atoms with Gasteiger partial charge in [0, 0.05) is 12.8 Å². The molecule has 2 rings (SSSR count). The number of hydrogen-bond donors (Lipinski definition) is 0. The van der Waals surface area contributed by atoms with E-state index in [1.807, 2.05) is 24.3 Å². The number of ether oxygens (including phenoxy) is 4. The Bertz CT molecular complexity index is 1060. The van der Waals surface area contributed by atoms with Crippen LogP contribution in [0.3, 0.4) is 0 Å². The summed E-state index contributed by atoms with van der Waals surface area (Å²) in [6, 6.07) is 7.89. The molecule has 1 heterocycles. The SMILES string of the molecule is C=CC(=C)[C@@H](O[Si](C)(C)C)[C@H](COC(C)=O)[C@H](O[Si](C)(C)C(C)(C)C)[C@@]1(C)O[C@@H]1[C@@H](C)COCc1ccc(OC)cc1. The molecule has 0 radical (unpaired) electrons. The fourth-order valence-corrected chi connectivity index (χ4v) is 7.41. The van der Waals surface area contributed by atoms with Gasteiger partial charge < -0.3 is 27.8 Å². The van der Waals surface area contributed by atoms with Crippen molar-refractivity contribution in [1.29, 1.82) is 0 Å². The van der Waals surface area contributed by atoms with Crippen molar-refractivity contribution in [2.75, 3.05) is 20.3 Å². The van der Waals surface area contributed by atoms with E-state index in [0.29, 0.717) is 13.2 Å². The molecular formula is C33H56O7Si2. The lowest BCUT2D eigenvalue weighted by Gasteiger charge is -2.45. The van der Waals surface area contributed by atoms with Crippen molar-refractivity contribution in [3.63, 3.8) is 0 Å². The van der Waals surface area contributed by atoms with Gasteiger partial charge in [-0.3, -0.25) is 4.79 Å². The van der Waals surface area contributed by atoms with Crippen LogP contribution in [0, 0.1) is 11.8 Å². The molecule has 0 bridgehead atoms. The van der Waals surface area contributed by atoms with E-state index in [9.17, 15) is 4.79 Å². The number of rotatable bonds is 17. The van der Waals surface area contributed by atoms with Crippen molar-refractivity contribution < 1.29 is 32.6 Å². The van der Waals surface area contributed by atoms with E-state index in [-0.39, 0.29) is 35.6 Å². The second-order valence-electron chi connectivity index (χ2n) is 14.3. The molecule has 0 saturated carbocycles. The monoisotopic (exact) mass is 620 g/mol. The predicted molar refractivity (Wildman–Crippen MR) is 175 cm³/mol. The third-order valence-electron chi connectivity index (χ3n) is 8.37. The second-order valence-corrected chi connectivity index (χ2v) is 23.5. The van der Waals surface area contributed by atoms with E-state index in [0.717, 1.165) is 16.9 Å². The second kappa shape index (κ2) is 14.4. The zero-order valence-electron chi connectivity index (χ0n) is 28.2. The van der Waals surface area contributed by atoms with E-state index in [4.69, 9.17) is 27.8 Å². The average Bonchev–Trinajstić information content (AvgIpc) is 3.58. The van der Waals surface area contributed by atoms with Gasteiger partial charge in [-0.05, 0) is 68.0 Å². The standard InChI is InChI=1S/C33H56O7Si2/c1-15-23(2)29(39-41(10,11)12)28(22-37-25(4)34)31(40-42(13,14)32(5,6)7)33(8)30(38-33)24(3)20-36-21-26-16-18-27(35-9)19-17-26/h15-19,24,28-31H,1-2,20-22H2,3-14H3/t24-,28-,29+,30+,31-,33-/m0/s1. The largest absolute Gasteiger partial charge is 0.497 e. The van der Waals surface area contributed by atoms with E-state index in [1.165, 1.54) is 6.92 Å². The molecule has 0 spiro atoms. The molecule has 0 unspecified atom stereocenters. The zero-order chi connectivity index (χ0) is 32.1. The van der Waals surface area contributed by atoms with Crippen LogP contribution < -0.4 is 4.74 Å². The molecule has 1 aromatic carbocycles. The molecule has 0 N–H and O–H groups in total. The van der Waals surface area contributed by atoms with Gasteiger partial charge in [0.2, 0.25) is 0 Å². The summed E-state index contributed by atoms with van der Waals surface area (Å²) in [6.45, 7) is 32.7. The Morgan fingerprint density at radius 1 is 1.10 bits per heavy atom. The first-order valence-corrected chi connectivity index (χ1v) is 21.3. The number of hydrogen-bond acceptors (Lipinski definition) is 7. The molecule has 6 atom stereocenters. The summed E-state index contributed by atoms with van der Waals surface area (Å²) in [6.07, 6.45) is 0.780.